The quantitative estimate of drug-likeness (QED) is 0.339. The molecule has 1 amide bonds. The number of hydrogen-bond acceptors (Lipinski definition) is 6. The van der Waals surface area contributed by atoms with Crippen molar-refractivity contribution in [2.45, 2.75) is 44.4 Å². The summed E-state index contributed by atoms with van der Waals surface area (Å²) < 4.78 is 8.31. The number of benzene rings is 2. The first-order chi connectivity index (χ1) is 18.2. The molecule has 1 aliphatic carbocycles. The standard InChI is InChI=1S/C29H32N6O2/c30-27-26-24(21-8-4-9-23(14-21)37-17-19-6-2-1-3-7-19)16-35(28(26)34-18-33-27)22-12-20(13-22)15-32-29(36)25-10-5-11-31-25/h1-4,6-9,14,16,18,20,22,25,31H,5,10-13,15,17H2,(H,32,36)(H2,30,33,34)/t20-,22+,25-/m1/s1. The second-order valence-corrected chi connectivity index (χ2v) is 10.1. The molecule has 1 saturated heterocycles. The molecule has 3 heterocycles. The molecule has 2 aromatic heterocycles. The number of ether oxygens (including phenoxy) is 1. The third-order valence-corrected chi connectivity index (χ3v) is 7.58. The molecule has 37 heavy (non-hydrogen) atoms. The maximum absolute atomic E-state index is 12.3. The van der Waals surface area contributed by atoms with Gasteiger partial charge in [0.25, 0.3) is 0 Å². The van der Waals surface area contributed by atoms with Gasteiger partial charge < -0.3 is 25.7 Å². The van der Waals surface area contributed by atoms with Crippen LogP contribution in [0.15, 0.2) is 67.1 Å². The summed E-state index contributed by atoms with van der Waals surface area (Å²) in [7, 11) is 0. The van der Waals surface area contributed by atoms with Crippen molar-refractivity contribution in [2.75, 3.05) is 18.8 Å². The zero-order valence-corrected chi connectivity index (χ0v) is 20.8. The van der Waals surface area contributed by atoms with Gasteiger partial charge in [-0.05, 0) is 61.4 Å². The Labute approximate surface area is 216 Å². The number of nitrogens with one attached hydrogen (secondary N) is 2. The molecule has 190 valence electrons. The zero-order valence-electron chi connectivity index (χ0n) is 20.8. The van der Waals surface area contributed by atoms with E-state index in [-0.39, 0.29) is 11.9 Å². The Hall–Kier alpha value is -3.91. The van der Waals surface area contributed by atoms with E-state index < -0.39 is 0 Å². The van der Waals surface area contributed by atoms with Crippen molar-refractivity contribution in [2.24, 2.45) is 5.92 Å². The van der Waals surface area contributed by atoms with Crippen LogP contribution in [0, 0.1) is 5.92 Å². The number of rotatable bonds is 8. The summed E-state index contributed by atoms with van der Waals surface area (Å²) >= 11 is 0. The van der Waals surface area contributed by atoms with Gasteiger partial charge in [0.2, 0.25) is 5.91 Å². The van der Waals surface area contributed by atoms with Gasteiger partial charge in [0, 0.05) is 24.3 Å². The van der Waals surface area contributed by atoms with Gasteiger partial charge >= 0.3 is 0 Å². The highest BCUT2D eigenvalue weighted by Gasteiger charge is 2.33. The number of fused-ring (bicyclic) bond motifs is 1. The van der Waals surface area contributed by atoms with Gasteiger partial charge in [-0.25, -0.2) is 9.97 Å². The molecule has 4 N–H and O–H groups in total. The maximum atomic E-state index is 12.3. The summed E-state index contributed by atoms with van der Waals surface area (Å²) in [6.07, 6.45) is 7.66. The molecule has 0 bridgehead atoms. The van der Waals surface area contributed by atoms with E-state index in [0.29, 0.717) is 24.4 Å². The fourth-order valence-electron chi connectivity index (χ4n) is 5.47. The second-order valence-electron chi connectivity index (χ2n) is 10.1. The number of aromatic nitrogens is 3. The van der Waals surface area contributed by atoms with Crippen molar-refractivity contribution >= 4 is 22.8 Å². The molecule has 8 heteroatoms. The topological polar surface area (TPSA) is 107 Å². The lowest BCUT2D eigenvalue weighted by atomic mass is 9.80. The van der Waals surface area contributed by atoms with Crippen LogP contribution in [-0.2, 0) is 11.4 Å². The third kappa shape index (κ3) is 4.89. The fourth-order valence-corrected chi connectivity index (χ4v) is 5.47. The highest BCUT2D eigenvalue weighted by atomic mass is 16.5. The molecule has 1 saturated carbocycles. The Morgan fingerprint density at radius 1 is 1.14 bits per heavy atom. The van der Waals surface area contributed by atoms with Gasteiger partial charge in [-0.1, -0.05) is 42.5 Å². The van der Waals surface area contributed by atoms with Crippen LogP contribution in [0.1, 0.15) is 37.3 Å². The Balaban J connectivity index is 1.18. The van der Waals surface area contributed by atoms with E-state index in [0.717, 1.165) is 72.2 Å². The smallest absolute Gasteiger partial charge is 0.237 e. The van der Waals surface area contributed by atoms with Crippen LogP contribution in [0.5, 0.6) is 5.75 Å². The molecule has 8 nitrogen and oxygen atoms in total. The molecule has 2 fully saturated rings. The van der Waals surface area contributed by atoms with Crippen LogP contribution in [-0.4, -0.2) is 39.6 Å². The van der Waals surface area contributed by atoms with Crippen LogP contribution in [0.2, 0.25) is 0 Å². The number of nitrogens with zero attached hydrogens (tertiary/aromatic N) is 3. The van der Waals surface area contributed by atoms with E-state index in [2.05, 4.69) is 49.6 Å². The lowest BCUT2D eigenvalue weighted by Gasteiger charge is -2.36. The van der Waals surface area contributed by atoms with E-state index in [1.165, 1.54) is 6.33 Å². The molecule has 2 aromatic carbocycles. The van der Waals surface area contributed by atoms with Crippen molar-refractivity contribution in [3.05, 3.63) is 72.7 Å². The molecular formula is C29H32N6O2. The Morgan fingerprint density at radius 3 is 2.81 bits per heavy atom. The van der Waals surface area contributed by atoms with Gasteiger partial charge in [0.05, 0.1) is 11.4 Å². The molecule has 1 atom stereocenters. The van der Waals surface area contributed by atoms with Crippen LogP contribution < -0.4 is 21.1 Å². The van der Waals surface area contributed by atoms with Gasteiger partial charge in [0.1, 0.15) is 30.1 Å². The second kappa shape index (κ2) is 10.2. The fraction of sp³-hybridized carbons (Fsp3) is 0.345. The molecule has 2 aliphatic rings. The molecule has 6 rings (SSSR count). The molecule has 4 aromatic rings. The molecular weight excluding hydrogens is 464 g/mol. The zero-order chi connectivity index (χ0) is 25.2. The maximum Gasteiger partial charge on any atom is 0.237 e. The van der Waals surface area contributed by atoms with Crippen molar-refractivity contribution in [3.63, 3.8) is 0 Å². The monoisotopic (exact) mass is 496 g/mol. The molecule has 0 spiro atoms. The summed E-state index contributed by atoms with van der Waals surface area (Å²) in [5.41, 5.74) is 10.3. The van der Waals surface area contributed by atoms with Crippen molar-refractivity contribution in [3.8, 4) is 16.9 Å². The van der Waals surface area contributed by atoms with Crippen LogP contribution >= 0.6 is 0 Å². The van der Waals surface area contributed by atoms with E-state index in [1.54, 1.807) is 0 Å². The number of nitrogens with two attached hydrogens (primary N) is 1. The highest BCUT2D eigenvalue weighted by Crippen LogP contribution is 2.43. The summed E-state index contributed by atoms with van der Waals surface area (Å²) in [4.78, 5) is 21.2. The average molecular weight is 497 g/mol. The minimum absolute atomic E-state index is 0.0288. The molecule has 1 aliphatic heterocycles. The predicted molar refractivity (Wildman–Crippen MR) is 144 cm³/mol. The van der Waals surface area contributed by atoms with Gasteiger partial charge in [-0.3, -0.25) is 4.79 Å². The lowest BCUT2D eigenvalue weighted by molar-refractivity contribution is -0.123. The first-order valence-corrected chi connectivity index (χ1v) is 13.0. The predicted octanol–water partition coefficient (Wildman–Crippen LogP) is 4.08. The number of anilines is 1. The van der Waals surface area contributed by atoms with E-state index in [1.807, 2.05) is 36.4 Å². The molecule has 0 unspecified atom stereocenters. The van der Waals surface area contributed by atoms with Gasteiger partial charge in [0.15, 0.2) is 0 Å². The first kappa shape index (κ1) is 23.5. The van der Waals surface area contributed by atoms with Gasteiger partial charge in [-0.15, -0.1) is 0 Å². The average Bonchev–Trinajstić information content (AvgIpc) is 3.57. The van der Waals surface area contributed by atoms with E-state index >= 15 is 0 Å². The highest BCUT2D eigenvalue weighted by molar-refractivity contribution is 6.00. The number of amides is 1. The summed E-state index contributed by atoms with van der Waals surface area (Å²) in [6.45, 7) is 2.16. The lowest BCUT2D eigenvalue weighted by Crippen LogP contribution is -2.44. The summed E-state index contributed by atoms with van der Waals surface area (Å²) in [5.74, 6) is 1.87. The van der Waals surface area contributed by atoms with Crippen molar-refractivity contribution in [1.29, 1.82) is 0 Å². The molecule has 0 radical (unpaired) electrons. The minimum atomic E-state index is -0.0288. The number of carbonyl (C=O) groups is 1. The van der Waals surface area contributed by atoms with Crippen molar-refractivity contribution < 1.29 is 9.53 Å². The van der Waals surface area contributed by atoms with Crippen LogP contribution in [0.3, 0.4) is 0 Å². The summed E-state index contributed by atoms with van der Waals surface area (Å²) in [6, 6.07) is 18.5. The number of hydrogen-bond donors (Lipinski definition) is 3. The Morgan fingerprint density at radius 2 is 2.00 bits per heavy atom. The van der Waals surface area contributed by atoms with E-state index in [9.17, 15) is 4.79 Å². The van der Waals surface area contributed by atoms with Crippen LogP contribution in [0.25, 0.3) is 22.2 Å². The van der Waals surface area contributed by atoms with Crippen molar-refractivity contribution in [1.82, 2.24) is 25.2 Å². The minimum Gasteiger partial charge on any atom is -0.489 e. The first-order valence-electron chi connectivity index (χ1n) is 13.0. The van der Waals surface area contributed by atoms with Crippen LogP contribution in [0.4, 0.5) is 5.82 Å². The summed E-state index contributed by atoms with van der Waals surface area (Å²) in [5, 5.41) is 7.27. The van der Waals surface area contributed by atoms with E-state index in [4.69, 9.17) is 10.5 Å². The normalized spacial score (nSPS) is 21.0. The SMILES string of the molecule is Nc1ncnc2c1c(-c1cccc(OCc3ccccc3)c1)cn2[C@H]1C[C@@H](CNC(=O)[C@H]2CCCN2)C1. The Bertz CT molecular complexity index is 1390. The number of nitrogen functional groups attached to an aromatic ring is 1. The Kier molecular flexibility index (Phi) is 6.49. The number of carbonyl (C=O) groups excluding carboxylic acids is 1. The third-order valence-electron chi connectivity index (χ3n) is 7.58. The largest absolute Gasteiger partial charge is 0.489 e. The van der Waals surface area contributed by atoms with Gasteiger partial charge in [-0.2, -0.15) is 0 Å².